The predicted molar refractivity (Wildman–Crippen MR) is 70.1 cm³/mol. The molecule has 2 rings (SSSR count). The summed E-state index contributed by atoms with van der Waals surface area (Å²) in [5, 5.41) is 3.23. The summed E-state index contributed by atoms with van der Waals surface area (Å²) in [5.74, 6) is 1.44. The predicted octanol–water partition coefficient (Wildman–Crippen LogP) is 2.86. The first-order valence-corrected chi connectivity index (χ1v) is 5.93. The molecule has 5 heteroatoms. The van der Waals surface area contributed by atoms with Gasteiger partial charge in [-0.15, -0.1) is 0 Å². The van der Waals surface area contributed by atoms with E-state index < -0.39 is 0 Å². The molecule has 0 radical (unpaired) electrons. The highest BCUT2D eigenvalue weighted by molar-refractivity contribution is 9.10. The summed E-state index contributed by atoms with van der Waals surface area (Å²) in [4.78, 5) is 8.37. The van der Waals surface area contributed by atoms with Gasteiger partial charge in [0.15, 0.2) is 0 Å². The van der Waals surface area contributed by atoms with Crippen LogP contribution in [-0.2, 0) is 6.54 Å². The van der Waals surface area contributed by atoms with Gasteiger partial charge in [0.2, 0.25) is 5.88 Å². The molecular formula is C12H12BrN3O. The maximum absolute atomic E-state index is 5.18. The molecule has 0 saturated carbocycles. The van der Waals surface area contributed by atoms with E-state index in [4.69, 9.17) is 4.74 Å². The first kappa shape index (κ1) is 11.9. The van der Waals surface area contributed by atoms with Crippen LogP contribution in [0.4, 0.5) is 5.82 Å². The summed E-state index contributed by atoms with van der Waals surface area (Å²) in [7, 11) is 1.61. The van der Waals surface area contributed by atoms with Crippen LogP contribution in [0.15, 0.2) is 41.1 Å². The van der Waals surface area contributed by atoms with E-state index in [1.165, 1.54) is 0 Å². The van der Waals surface area contributed by atoms with Gasteiger partial charge in [-0.2, -0.15) is 0 Å². The fourth-order valence-electron chi connectivity index (χ4n) is 1.44. The van der Waals surface area contributed by atoms with Crippen LogP contribution in [0.5, 0.6) is 5.88 Å². The number of nitrogens with one attached hydrogen (secondary N) is 1. The van der Waals surface area contributed by atoms with E-state index in [-0.39, 0.29) is 0 Å². The van der Waals surface area contributed by atoms with Crippen LogP contribution in [0.1, 0.15) is 5.56 Å². The van der Waals surface area contributed by atoms with Crippen molar-refractivity contribution in [2.75, 3.05) is 12.4 Å². The quantitative estimate of drug-likeness (QED) is 0.942. The van der Waals surface area contributed by atoms with Crippen LogP contribution in [-0.4, -0.2) is 17.1 Å². The SMILES string of the molecule is COc1ncccc1CNc1ncccc1Br. The Morgan fingerprint density at radius 2 is 2.00 bits per heavy atom. The molecule has 2 aromatic heterocycles. The molecule has 0 amide bonds. The Hall–Kier alpha value is -1.62. The van der Waals surface area contributed by atoms with E-state index in [2.05, 4.69) is 31.2 Å². The molecule has 4 nitrogen and oxygen atoms in total. The van der Waals surface area contributed by atoms with Gasteiger partial charge in [-0.05, 0) is 34.1 Å². The number of ether oxygens (including phenoxy) is 1. The zero-order valence-corrected chi connectivity index (χ0v) is 10.9. The van der Waals surface area contributed by atoms with Crippen molar-refractivity contribution in [3.63, 3.8) is 0 Å². The number of rotatable bonds is 4. The highest BCUT2D eigenvalue weighted by Gasteiger charge is 2.04. The average molecular weight is 294 g/mol. The summed E-state index contributed by atoms with van der Waals surface area (Å²) in [5.41, 5.74) is 0.993. The van der Waals surface area contributed by atoms with E-state index in [1.807, 2.05) is 24.3 Å². The van der Waals surface area contributed by atoms with Gasteiger partial charge in [-0.1, -0.05) is 6.07 Å². The standard InChI is InChI=1S/C12H12BrN3O/c1-17-12-9(4-2-7-15-12)8-16-11-10(13)5-3-6-14-11/h2-7H,8H2,1H3,(H,14,16). The zero-order valence-electron chi connectivity index (χ0n) is 9.35. The van der Waals surface area contributed by atoms with Crippen LogP contribution < -0.4 is 10.1 Å². The second-order valence-corrected chi connectivity index (χ2v) is 4.21. The largest absolute Gasteiger partial charge is 0.481 e. The molecule has 1 N–H and O–H groups in total. The molecule has 0 aliphatic heterocycles. The lowest BCUT2D eigenvalue weighted by Gasteiger charge is -2.09. The molecule has 0 unspecified atom stereocenters. The second kappa shape index (κ2) is 5.63. The van der Waals surface area contributed by atoms with E-state index in [0.717, 1.165) is 15.9 Å². The number of hydrogen-bond acceptors (Lipinski definition) is 4. The highest BCUT2D eigenvalue weighted by atomic mass is 79.9. The summed E-state index contributed by atoms with van der Waals surface area (Å²) in [6.45, 7) is 0.618. The third kappa shape index (κ3) is 2.94. The molecular weight excluding hydrogens is 282 g/mol. The Balaban J connectivity index is 2.10. The molecule has 2 aromatic rings. The Kier molecular flexibility index (Phi) is 3.93. The van der Waals surface area contributed by atoms with Gasteiger partial charge < -0.3 is 10.1 Å². The van der Waals surface area contributed by atoms with Crippen molar-refractivity contribution >= 4 is 21.7 Å². The third-order valence-electron chi connectivity index (χ3n) is 2.25. The van der Waals surface area contributed by atoms with E-state index in [1.54, 1.807) is 19.5 Å². The molecule has 0 aromatic carbocycles. The summed E-state index contributed by atoms with van der Waals surface area (Å²) >= 11 is 3.43. The van der Waals surface area contributed by atoms with Crippen LogP contribution in [0.3, 0.4) is 0 Å². The molecule has 0 bridgehead atoms. The van der Waals surface area contributed by atoms with Crippen LogP contribution >= 0.6 is 15.9 Å². The van der Waals surface area contributed by atoms with Gasteiger partial charge in [-0.3, -0.25) is 0 Å². The van der Waals surface area contributed by atoms with Crippen molar-refractivity contribution < 1.29 is 4.74 Å². The normalized spacial score (nSPS) is 10.0. The Morgan fingerprint density at radius 3 is 2.76 bits per heavy atom. The van der Waals surface area contributed by atoms with Crippen molar-refractivity contribution in [3.05, 3.63) is 46.7 Å². The van der Waals surface area contributed by atoms with Crippen molar-refractivity contribution in [2.24, 2.45) is 0 Å². The maximum Gasteiger partial charge on any atom is 0.218 e. The first-order chi connectivity index (χ1) is 8.31. The lowest BCUT2D eigenvalue weighted by Crippen LogP contribution is -2.04. The molecule has 0 spiro atoms. The van der Waals surface area contributed by atoms with E-state index in [0.29, 0.717) is 12.4 Å². The van der Waals surface area contributed by atoms with Gasteiger partial charge in [0.05, 0.1) is 11.6 Å². The lowest BCUT2D eigenvalue weighted by molar-refractivity contribution is 0.393. The zero-order chi connectivity index (χ0) is 12.1. The van der Waals surface area contributed by atoms with Crippen molar-refractivity contribution in [1.29, 1.82) is 0 Å². The molecule has 0 aliphatic carbocycles. The average Bonchev–Trinajstić information content (AvgIpc) is 2.38. The number of halogens is 1. The summed E-state index contributed by atoms with van der Waals surface area (Å²) in [6.07, 6.45) is 3.45. The second-order valence-electron chi connectivity index (χ2n) is 3.36. The first-order valence-electron chi connectivity index (χ1n) is 5.13. The molecule has 88 valence electrons. The van der Waals surface area contributed by atoms with Crippen molar-refractivity contribution in [1.82, 2.24) is 9.97 Å². The third-order valence-corrected chi connectivity index (χ3v) is 2.89. The van der Waals surface area contributed by atoms with Gasteiger partial charge in [0.25, 0.3) is 0 Å². The molecule has 0 aliphatic rings. The molecule has 0 fully saturated rings. The summed E-state index contributed by atoms with van der Waals surface area (Å²) in [6, 6.07) is 7.67. The Bertz CT molecular complexity index is 505. The minimum Gasteiger partial charge on any atom is -0.481 e. The van der Waals surface area contributed by atoms with E-state index >= 15 is 0 Å². The number of methoxy groups -OCH3 is 1. The number of aromatic nitrogens is 2. The number of pyridine rings is 2. The van der Waals surface area contributed by atoms with Gasteiger partial charge in [-0.25, -0.2) is 9.97 Å². The maximum atomic E-state index is 5.18. The minimum absolute atomic E-state index is 0.618. The lowest BCUT2D eigenvalue weighted by atomic mass is 10.2. The van der Waals surface area contributed by atoms with Crippen molar-refractivity contribution in [2.45, 2.75) is 6.54 Å². The molecule has 0 saturated heterocycles. The highest BCUT2D eigenvalue weighted by Crippen LogP contribution is 2.20. The van der Waals surface area contributed by atoms with Gasteiger partial charge >= 0.3 is 0 Å². The van der Waals surface area contributed by atoms with Crippen LogP contribution in [0.25, 0.3) is 0 Å². The fourth-order valence-corrected chi connectivity index (χ4v) is 1.83. The number of nitrogens with zero attached hydrogens (tertiary/aromatic N) is 2. The molecule has 0 atom stereocenters. The van der Waals surface area contributed by atoms with Crippen LogP contribution in [0, 0.1) is 0 Å². The van der Waals surface area contributed by atoms with Crippen molar-refractivity contribution in [3.8, 4) is 5.88 Å². The minimum atomic E-state index is 0.618. The van der Waals surface area contributed by atoms with Crippen LogP contribution in [0.2, 0.25) is 0 Å². The molecule has 2 heterocycles. The monoisotopic (exact) mass is 293 g/mol. The summed E-state index contributed by atoms with van der Waals surface area (Å²) < 4.78 is 6.11. The van der Waals surface area contributed by atoms with Gasteiger partial charge in [0.1, 0.15) is 5.82 Å². The number of hydrogen-bond donors (Lipinski definition) is 1. The van der Waals surface area contributed by atoms with E-state index in [9.17, 15) is 0 Å². The molecule has 17 heavy (non-hydrogen) atoms. The van der Waals surface area contributed by atoms with Gasteiger partial charge in [0, 0.05) is 24.5 Å². The smallest absolute Gasteiger partial charge is 0.218 e. The number of anilines is 1. The fraction of sp³-hybridized carbons (Fsp3) is 0.167. The Labute approximate surface area is 108 Å². The Morgan fingerprint density at radius 1 is 1.24 bits per heavy atom. The topological polar surface area (TPSA) is 47.0 Å².